The van der Waals surface area contributed by atoms with Gasteiger partial charge < -0.3 is 4.74 Å². The average molecular weight is 335 g/mol. The third-order valence-corrected chi connectivity index (χ3v) is 5.92. The van der Waals surface area contributed by atoms with Gasteiger partial charge in [-0.15, -0.1) is 0 Å². The predicted molar refractivity (Wildman–Crippen MR) is 105 cm³/mol. The molecule has 0 radical (unpaired) electrons. The van der Waals surface area contributed by atoms with Crippen molar-refractivity contribution in [3.05, 3.63) is 70.3 Å². The van der Waals surface area contributed by atoms with Gasteiger partial charge in [0, 0.05) is 11.1 Å². The molecule has 0 spiro atoms. The molecule has 4 rings (SSSR count). The van der Waals surface area contributed by atoms with E-state index in [1.165, 1.54) is 110 Å². The van der Waals surface area contributed by atoms with E-state index in [9.17, 15) is 0 Å². The van der Waals surface area contributed by atoms with Crippen LogP contribution >= 0.6 is 0 Å². The highest BCUT2D eigenvalue weighted by Gasteiger charge is 2.18. The lowest BCUT2D eigenvalue weighted by atomic mass is 9.97. The summed E-state index contributed by atoms with van der Waals surface area (Å²) in [5.74, 6) is 0. The maximum atomic E-state index is 6.12. The lowest BCUT2D eigenvalue weighted by molar-refractivity contribution is 0.395. The smallest absolute Gasteiger partial charge is 0.0979 e. The molecule has 0 N–H and O–H groups in total. The minimum Gasteiger partial charge on any atom is -0.471 e. The summed E-state index contributed by atoms with van der Waals surface area (Å²) in [5.41, 5.74) is 8.75. The Labute approximate surface area is 152 Å². The molecule has 0 unspecified atom stereocenters. The Bertz CT molecular complexity index is 582. The fourth-order valence-electron chi connectivity index (χ4n) is 4.55. The molecule has 0 saturated heterocycles. The SMILES string of the molecule is C1=C(C(=COC=C(C2=CCCC2)C2=CCCC2)C2=CCCC2)CCC1. The van der Waals surface area contributed by atoms with Crippen LogP contribution in [0.4, 0.5) is 0 Å². The van der Waals surface area contributed by atoms with Gasteiger partial charge in [-0.3, -0.25) is 0 Å². The van der Waals surface area contributed by atoms with Crippen LogP contribution in [0, 0.1) is 0 Å². The van der Waals surface area contributed by atoms with Crippen LogP contribution in [-0.2, 0) is 4.74 Å². The van der Waals surface area contributed by atoms with E-state index >= 15 is 0 Å². The Morgan fingerprint density at radius 3 is 1.12 bits per heavy atom. The van der Waals surface area contributed by atoms with Gasteiger partial charge in [0.25, 0.3) is 0 Å². The van der Waals surface area contributed by atoms with E-state index in [4.69, 9.17) is 4.74 Å². The second-order valence-corrected chi connectivity index (χ2v) is 7.69. The summed E-state index contributed by atoms with van der Waals surface area (Å²) in [7, 11) is 0. The van der Waals surface area contributed by atoms with Crippen molar-refractivity contribution < 1.29 is 4.74 Å². The fourth-order valence-corrected chi connectivity index (χ4v) is 4.55. The van der Waals surface area contributed by atoms with E-state index in [0.717, 1.165) is 0 Å². The highest BCUT2D eigenvalue weighted by molar-refractivity contribution is 5.50. The van der Waals surface area contributed by atoms with Gasteiger partial charge in [-0.25, -0.2) is 0 Å². The van der Waals surface area contributed by atoms with Crippen molar-refractivity contribution in [3.63, 3.8) is 0 Å². The Hall–Kier alpha value is -1.76. The number of ether oxygens (including phenoxy) is 1. The van der Waals surface area contributed by atoms with Crippen LogP contribution in [0.3, 0.4) is 0 Å². The molecule has 0 aromatic rings. The molecular formula is C24H30O. The Morgan fingerprint density at radius 1 is 0.560 bits per heavy atom. The highest BCUT2D eigenvalue weighted by atomic mass is 16.5. The van der Waals surface area contributed by atoms with Crippen molar-refractivity contribution in [2.24, 2.45) is 0 Å². The number of hydrogen-bond donors (Lipinski definition) is 0. The van der Waals surface area contributed by atoms with Crippen molar-refractivity contribution in [1.29, 1.82) is 0 Å². The first kappa shape index (κ1) is 16.7. The van der Waals surface area contributed by atoms with Gasteiger partial charge in [0.2, 0.25) is 0 Å². The van der Waals surface area contributed by atoms with Gasteiger partial charge in [-0.1, -0.05) is 24.3 Å². The maximum Gasteiger partial charge on any atom is 0.0979 e. The summed E-state index contributed by atoms with van der Waals surface area (Å²) in [6.45, 7) is 0. The van der Waals surface area contributed by atoms with Crippen molar-refractivity contribution >= 4 is 0 Å². The topological polar surface area (TPSA) is 9.23 Å². The minimum absolute atomic E-state index is 1.21. The molecule has 4 aliphatic carbocycles. The molecule has 0 amide bonds. The lowest BCUT2D eigenvalue weighted by Gasteiger charge is -2.12. The second kappa shape index (κ2) is 8.08. The molecule has 0 heterocycles. The average Bonchev–Trinajstić information content (AvgIpc) is 3.44. The molecule has 1 nitrogen and oxygen atoms in total. The summed E-state index contributed by atoms with van der Waals surface area (Å²) in [5, 5.41) is 0. The highest BCUT2D eigenvalue weighted by Crippen LogP contribution is 2.36. The van der Waals surface area contributed by atoms with E-state index < -0.39 is 0 Å². The monoisotopic (exact) mass is 334 g/mol. The third kappa shape index (κ3) is 3.92. The quantitative estimate of drug-likeness (QED) is 0.466. The van der Waals surface area contributed by atoms with E-state index in [1.807, 2.05) is 12.5 Å². The Balaban J connectivity index is 1.56. The molecule has 0 aromatic carbocycles. The molecule has 25 heavy (non-hydrogen) atoms. The van der Waals surface area contributed by atoms with E-state index in [2.05, 4.69) is 24.3 Å². The minimum atomic E-state index is 1.21. The van der Waals surface area contributed by atoms with E-state index in [-0.39, 0.29) is 0 Å². The summed E-state index contributed by atoms with van der Waals surface area (Å²) in [6, 6.07) is 0. The number of hydrogen-bond acceptors (Lipinski definition) is 1. The standard InChI is InChI=1S/C24H30O/c1-2-10-19(9-1)23(20-11-3-4-12-20)17-25-18-24(21-13-5-6-14-21)22-15-7-8-16-22/h9,11,13,15,17-18H,1-8,10,12,14,16H2. The molecule has 0 aliphatic heterocycles. The second-order valence-electron chi connectivity index (χ2n) is 7.69. The van der Waals surface area contributed by atoms with Crippen molar-refractivity contribution in [3.8, 4) is 0 Å². The molecule has 132 valence electrons. The van der Waals surface area contributed by atoms with Gasteiger partial charge in [-0.2, -0.15) is 0 Å². The van der Waals surface area contributed by atoms with Crippen molar-refractivity contribution in [1.82, 2.24) is 0 Å². The van der Waals surface area contributed by atoms with Gasteiger partial charge in [0.1, 0.15) is 0 Å². The summed E-state index contributed by atoms with van der Waals surface area (Å²) < 4.78 is 6.12. The number of rotatable bonds is 6. The first-order valence-electron chi connectivity index (χ1n) is 10.3. The van der Waals surface area contributed by atoms with E-state index in [0.29, 0.717) is 0 Å². The molecule has 0 aromatic heterocycles. The fraction of sp³-hybridized carbons (Fsp3) is 0.500. The van der Waals surface area contributed by atoms with Gasteiger partial charge in [0.05, 0.1) is 12.5 Å². The third-order valence-electron chi connectivity index (χ3n) is 5.92. The molecule has 4 aliphatic rings. The van der Waals surface area contributed by atoms with Crippen LogP contribution in [-0.4, -0.2) is 0 Å². The molecular weight excluding hydrogens is 304 g/mol. The zero-order valence-electron chi connectivity index (χ0n) is 15.4. The first-order chi connectivity index (χ1) is 12.4. The van der Waals surface area contributed by atoms with Gasteiger partial charge in [-0.05, 0) is 99.3 Å². The van der Waals surface area contributed by atoms with Crippen LogP contribution in [0.25, 0.3) is 0 Å². The Kier molecular flexibility index (Phi) is 5.40. The van der Waals surface area contributed by atoms with E-state index in [1.54, 1.807) is 0 Å². The largest absolute Gasteiger partial charge is 0.471 e. The van der Waals surface area contributed by atoms with Gasteiger partial charge in [0.15, 0.2) is 0 Å². The summed E-state index contributed by atoms with van der Waals surface area (Å²) >= 11 is 0. The van der Waals surface area contributed by atoms with Gasteiger partial charge >= 0.3 is 0 Å². The van der Waals surface area contributed by atoms with Crippen molar-refractivity contribution in [2.75, 3.05) is 0 Å². The van der Waals surface area contributed by atoms with Crippen LogP contribution in [0.1, 0.15) is 77.0 Å². The maximum absolute atomic E-state index is 6.12. The van der Waals surface area contributed by atoms with Crippen LogP contribution in [0.5, 0.6) is 0 Å². The zero-order chi connectivity index (χ0) is 16.9. The Morgan fingerprint density at radius 2 is 0.880 bits per heavy atom. The van der Waals surface area contributed by atoms with Crippen LogP contribution < -0.4 is 0 Å². The lowest BCUT2D eigenvalue weighted by Crippen LogP contribution is -1.94. The van der Waals surface area contributed by atoms with Crippen molar-refractivity contribution in [2.45, 2.75) is 77.0 Å². The number of allylic oxidation sites excluding steroid dienone is 10. The molecule has 0 atom stereocenters. The molecule has 0 fully saturated rings. The van der Waals surface area contributed by atoms with Crippen LogP contribution in [0.2, 0.25) is 0 Å². The molecule has 0 saturated carbocycles. The summed E-state index contributed by atoms with van der Waals surface area (Å²) in [4.78, 5) is 0. The predicted octanol–water partition coefficient (Wildman–Crippen LogP) is 7.21. The summed E-state index contributed by atoms with van der Waals surface area (Å²) in [6.07, 6.45) is 28.6. The molecule has 0 bridgehead atoms. The first-order valence-corrected chi connectivity index (χ1v) is 10.3. The zero-order valence-corrected chi connectivity index (χ0v) is 15.4. The van der Waals surface area contributed by atoms with Crippen LogP contribution in [0.15, 0.2) is 70.3 Å². The molecule has 1 heteroatoms. The normalized spacial score (nSPS) is 22.2.